The molecule has 0 spiro atoms. The van der Waals surface area contributed by atoms with Crippen LogP contribution < -0.4 is 15.2 Å². The molecule has 1 aromatic rings. The number of methoxy groups -OCH3 is 2. The van der Waals surface area contributed by atoms with Gasteiger partial charge in [0.1, 0.15) is 0 Å². The second-order valence-electron chi connectivity index (χ2n) is 5.77. The van der Waals surface area contributed by atoms with Crippen molar-refractivity contribution in [1.82, 2.24) is 4.90 Å². The monoisotopic (exact) mass is 280 g/mol. The maximum Gasteiger partial charge on any atom is 0.161 e. The van der Waals surface area contributed by atoms with Crippen LogP contribution >= 0.6 is 0 Å². The molecule has 114 valence electrons. The second kappa shape index (κ2) is 6.95. The van der Waals surface area contributed by atoms with Crippen LogP contribution in [-0.4, -0.2) is 38.3 Å². The number of hydrogen-bond acceptors (Lipinski definition) is 4. The third-order valence-corrected chi connectivity index (χ3v) is 4.20. The summed E-state index contributed by atoms with van der Waals surface area (Å²) in [5.74, 6) is 1.45. The Morgan fingerprint density at radius 2 is 1.80 bits per heavy atom. The number of benzene rings is 1. The van der Waals surface area contributed by atoms with Crippen molar-refractivity contribution in [3.63, 3.8) is 0 Å². The van der Waals surface area contributed by atoms with Gasteiger partial charge in [-0.1, -0.05) is 13.0 Å². The number of rotatable bonds is 7. The van der Waals surface area contributed by atoms with Crippen LogP contribution in [0.4, 0.5) is 0 Å². The summed E-state index contributed by atoms with van der Waals surface area (Å²) >= 11 is 0. The average Bonchev–Trinajstić information content (AvgIpc) is 2.46. The Morgan fingerprint density at radius 1 is 1.20 bits per heavy atom. The van der Waals surface area contributed by atoms with E-state index in [0.29, 0.717) is 0 Å². The largest absolute Gasteiger partial charge is 0.493 e. The number of ether oxygens (including phenoxy) is 2. The molecular weight excluding hydrogens is 252 g/mol. The van der Waals surface area contributed by atoms with E-state index >= 15 is 0 Å². The lowest BCUT2D eigenvalue weighted by atomic mass is 9.98. The van der Waals surface area contributed by atoms with Crippen LogP contribution in [0.2, 0.25) is 0 Å². The lowest BCUT2D eigenvalue weighted by molar-refractivity contribution is 0.142. The SMILES string of the molecule is CCC(C)(C)N(C)CC(N)c1ccc(OC)c(OC)c1. The van der Waals surface area contributed by atoms with Gasteiger partial charge in [-0.25, -0.2) is 0 Å². The lowest BCUT2D eigenvalue weighted by Gasteiger charge is -2.36. The Kier molecular flexibility index (Phi) is 5.84. The van der Waals surface area contributed by atoms with Crippen molar-refractivity contribution < 1.29 is 9.47 Å². The van der Waals surface area contributed by atoms with E-state index in [-0.39, 0.29) is 11.6 Å². The molecule has 0 heterocycles. The van der Waals surface area contributed by atoms with Crippen LogP contribution in [0.5, 0.6) is 11.5 Å². The van der Waals surface area contributed by atoms with Gasteiger partial charge in [0, 0.05) is 18.1 Å². The molecule has 0 amide bonds. The predicted molar refractivity (Wildman–Crippen MR) is 83.5 cm³/mol. The molecule has 2 N–H and O–H groups in total. The van der Waals surface area contributed by atoms with Crippen molar-refractivity contribution in [2.75, 3.05) is 27.8 Å². The van der Waals surface area contributed by atoms with Gasteiger partial charge in [-0.05, 0) is 45.0 Å². The van der Waals surface area contributed by atoms with Crippen LogP contribution in [0.1, 0.15) is 38.8 Å². The molecule has 1 atom stereocenters. The first kappa shape index (κ1) is 16.8. The van der Waals surface area contributed by atoms with Gasteiger partial charge in [-0.2, -0.15) is 0 Å². The first-order valence-electron chi connectivity index (χ1n) is 7.04. The highest BCUT2D eigenvalue weighted by atomic mass is 16.5. The molecule has 4 nitrogen and oxygen atoms in total. The standard InChI is InChI=1S/C16H28N2O2/c1-7-16(2,3)18(4)11-13(17)12-8-9-14(19-5)15(10-12)20-6/h8-10,13H,7,11,17H2,1-6H3. The molecule has 0 aliphatic rings. The molecule has 0 saturated heterocycles. The minimum Gasteiger partial charge on any atom is -0.493 e. The maximum atomic E-state index is 6.32. The van der Waals surface area contributed by atoms with Gasteiger partial charge in [0.05, 0.1) is 14.2 Å². The fraction of sp³-hybridized carbons (Fsp3) is 0.625. The second-order valence-corrected chi connectivity index (χ2v) is 5.77. The first-order valence-corrected chi connectivity index (χ1v) is 7.04. The smallest absolute Gasteiger partial charge is 0.161 e. The molecule has 0 radical (unpaired) electrons. The van der Waals surface area contributed by atoms with Gasteiger partial charge in [0.15, 0.2) is 11.5 Å². The van der Waals surface area contributed by atoms with Crippen LogP contribution in [0, 0.1) is 0 Å². The molecule has 20 heavy (non-hydrogen) atoms. The highest BCUT2D eigenvalue weighted by molar-refractivity contribution is 5.43. The number of nitrogens with zero attached hydrogens (tertiary/aromatic N) is 1. The van der Waals surface area contributed by atoms with E-state index in [1.165, 1.54) is 0 Å². The summed E-state index contributed by atoms with van der Waals surface area (Å²) in [7, 11) is 5.39. The summed E-state index contributed by atoms with van der Waals surface area (Å²) in [5, 5.41) is 0. The van der Waals surface area contributed by atoms with Crippen molar-refractivity contribution in [3.05, 3.63) is 23.8 Å². The van der Waals surface area contributed by atoms with Crippen molar-refractivity contribution in [3.8, 4) is 11.5 Å². The van der Waals surface area contributed by atoms with Gasteiger partial charge < -0.3 is 15.2 Å². The molecule has 0 saturated carbocycles. The molecular formula is C16H28N2O2. The highest BCUT2D eigenvalue weighted by Gasteiger charge is 2.23. The van der Waals surface area contributed by atoms with Gasteiger partial charge in [-0.3, -0.25) is 4.90 Å². The van der Waals surface area contributed by atoms with E-state index in [1.54, 1.807) is 14.2 Å². The van der Waals surface area contributed by atoms with Gasteiger partial charge in [0.2, 0.25) is 0 Å². The van der Waals surface area contributed by atoms with Gasteiger partial charge >= 0.3 is 0 Å². The van der Waals surface area contributed by atoms with Crippen molar-refractivity contribution in [2.45, 2.75) is 38.8 Å². The Balaban J connectivity index is 2.85. The topological polar surface area (TPSA) is 47.7 Å². The van der Waals surface area contributed by atoms with E-state index < -0.39 is 0 Å². The van der Waals surface area contributed by atoms with E-state index in [0.717, 1.165) is 30.0 Å². The molecule has 0 aliphatic heterocycles. The lowest BCUT2D eigenvalue weighted by Crippen LogP contribution is -2.44. The summed E-state index contributed by atoms with van der Waals surface area (Å²) in [5.41, 5.74) is 7.53. The normalized spacial score (nSPS) is 13.4. The van der Waals surface area contributed by atoms with Gasteiger partial charge in [0.25, 0.3) is 0 Å². The molecule has 0 bridgehead atoms. The number of nitrogens with two attached hydrogens (primary N) is 1. The zero-order valence-corrected chi connectivity index (χ0v) is 13.6. The van der Waals surface area contributed by atoms with E-state index in [4.69, 9.17) is 15.2 Å². The molecule has 0 aromatic heterocycles. The molecule has 1 unspecified atom stereocenters. The quantitative estimate of drug-likeness (QED) is 0.834. The van der Waals surface area contributed by atoms with Gasteiger partial charge in [-0.15, -0.1) is 0 Å². The summed E-state index contributed by atoms with van der Waals surface area (Å²) in [6, 6.07) is 5.80. The fourth-order valence-corrected chi connectivity index (χ4v) is 2.00. The van der Waals surface area contributed by atoms with Crippen molar-refractivity contribution in [2.24, 2.45) is 5.73 Å². The fourth-order valence-electron chi connectivity index (χ4n) is 2.00. The Morgan fingerprint density at radius 3 is 2.30 bits per heavy atom. The predicted octanol–water partition coefficient (Wildman–Crippen LogP) is 2.82. The number of likely N-dealkylation sites (N-methyl/N-ethyl adjacent to an activating group) is 1. The van der Waals surface area contributed by atoms with E-state index in [2.05, 4.69) is 32.7 Å². The Bertz CT molecular complexity index is 432. The zero-order valence-electron chi connectivity index (χ0n) is 13.6. The van der Waals surface area contributed by atoms with Crippen LogP contribution in [0.15, 0.2) is 18.2 Å². The van der Waals surface area contributed by atoms with E-state index in [9.17, 15) is 0 Å². The third kappa shape index (κ3) is 3.87. The van der Waals surface area contributed by atoms with Crippen molar-refractivity contribution >= 4 is 0 Å². The minimum absolute atomic E-state index is 0.0503. The highest BCUT2D eigenvalue weighted by Crippen LogP contribution is 2.30. The summed E-state index contributed by atoms with van der Waals surface area (Å²) in [6.07, 6.45) is 1.09. The average molecular weight is 280 g/mol. The van der Waals surface area contributed by atoms with Crippen molar-refractivity contribution in [1.29, 1.82) is 0 Å². The molecule has 0 fully saturated rings. The Hall–Kier alpha value is -1.26. The molecule has 4 heteroatoms. The van der Waals surface area contributed by atoms with Crippen LogP contribution in [0.3, 0.4) is 0 Å². The van der Waals surface area contributed by atoms with Crippen LogP contribution in [0.25, 0.3) is 0 Å². The van der Waals surface area contributed by atoms with E-state index in [1.807, 2.05) is 18.2 Å². The summed E-state index contributed by atoms with van der Waals surface area (Å²) in [4.78, 5) is 2.30. The number of hydrogen-bond donors (Lipinski definition) is 1. The third-order valence-electron chi connectivity index (χ3n) is 4.20. The Labute approximate surface area is 122 Å². The molecule has 0 aliphatic carbocycles. The van der Waals surface area contributed by atoms with Crippen LogP contribution in [-0.2, 0) is 0 Å². The maximum absolute atomic E-state index is 6.32. The minimum atomic E-state index is -0.0503. The molecule has 1 aromatic carbocycles. The first-order chi connectivity index (χ1) is 9.35. The summed E-state index contributed by atoms with van der Waals surface area (Å²) < 4.78 is 10.6. The zero-order chi connectivity index (χ0) is 15.3. The summed E-state index contributed by atoms with van der Waals surface area (Å²) in [6.45, 7) is 7.46. The molecule has 1 rings (SSSR count).